The van der Waals surface area contributed by atoms with Gasteiger partial charge in [0.2, 0.25) is 17.8 Å². The van der Waals surface area contributed by atoms with Crippen molar-refractivity contribution in [3.05, 3.63) is 0 Å². The first kappa shape index (κ1) is 12.5. The number of nitrogen functional groups attached to an aromatic ring is 2. The minimum atomic E-state index is 0.149. The van der Waals surface area contributed by atoms with Crippen LogP contribution in [0.15, 0.2) is 0 Å². The van der Waals surface area contributed by atoms with E-state index in [2.05, 4.69) is 34.1 Å². The Balaban J connectivity index is 2.45. The number of anilines is 3. The monoisotopic (exact) mass is 224 g/mol. The van der Waals surface area contributed by atoms with Gasteiger partial charge in [-0.2, -0.15) is 15.0 Å². The van der Waals surface area contributed by atoms with Crippen LogP contribution < -0.4 is 16.8 Å². The summed E-state index contributed by atoms with van der Waals surface area (Å²) < 4.78 is 0. The molecule has 1 aromatic heterocycles. The van der Waals surface area contributed by atoms with E-state index < -0.39 is 0 Å². The van der Waals surface area contributed by atoms with E-state index >= 15 is 0 Å². The maximum Gasteiger partial charge on any atom is 0.229 e. The number of nitrogens with zero attached hydrogens (tertiary/aromatic N) is 3. The van der Waals surface area contributed by atoms with Crippen LogP contribution >= 0.6 is 0 Å². The molecule has 1 rings (SSSR count). The van der Waals surface area contributed by atoms with Crippen molar-refractivity contribution in [2.24, 2.45) is 0 Å². The summed E-state index contributed by atoms with van der Waals surface area (Å²) in [5, 5.41) is 3.16. The van der Waals surface area contributed by atoms with Crippen molar-refractivity contribution < 1.29 is 0 Å². The second-order valence-electron chi connectivity index (χ2n) is 3.92. The van der Waals surface area contributed by atoms with Crippen molar-refractivity contribution in [3.8, 4) is 0 Å². The Morgan fingerprint density at radius 2 is 1.75 bits per heavy atom. The van der Waals surface area contributed by atoms with Crippen molar-refractivity contribution in [3.63, 3.8) is 0 Å². The molecule has 0 spiro atoms. The number of rotatable bonds is 6. The van der Waals surface area contributed by atoms with Gasteiger partial charge in [-0.15, -0.1) is 0 Å². The number of hydrogen-bond acceptors (Lipinski definition) is 6. The second kappa shape index (κ2) is 6.09. The summed E-state index contributed by atoms with van der Waals surface area (Å²) in [5.41, 5.74) is 10.9. The number of hydrogen-bond donors (Lipinski definition) is 3. The molecular formula is C10H20N6. The first-order chi connectivity index (χ1) is 7.61. The fourth-order valence-electron chi connectivity index (χ4n) is 1.47. The predicted molar refractivity (Wildman–Crippen MR) is 65.9 cm³/mol. The highest BCUT2D eigenvalue weighted by molar-refractivity contribution is 5.37. The standard InChI is InChI=1S/C10H20N6/c1-3-4-5-6-7(2)13-10-15-8(11)14-9(12)16-10/h7H,3-6H2,1-2H3,(H5,11,12,13,14,15,16)/t7-/m0/s1. The molecule has 16 heavy (non-hydrogen) atoms. The van der Waals surface area contributed by atoms with Gasteiger partial charge in [-0.1, -0.05) is 26.2 Å². The SMILES string of the molecule is CCCCC[C@H](C)Nc1nc(N)nc(N)n1. The summed E-state index contributed by atoms with van der Waals surface area (Å²) in [4.78, 5) is 11.6. The predicted octanol–water partition coefficient (Wildman–Crippen LogP) is 1.42. The van der Waals surface area contributed by atoms with E-state index in [1.807, 2.05) is 0 Å². The largest absolute Gasteiger partial charge is 0.368 e. The molecule has 0 aliphatic rings. The lowest BCUT2D eigenvalue weighted by atomic mass is 10.1. The zero-order valence-electron chi connectivity index (χ0n) is 9.90. The smallest absolute Gasteiger partial charge is 0.229 e. The van der Waals surface area contributed by atoms with Crippen LogP contribution in [-0.4, -0.2) is 21.0 Å². The molecule has 0 saturated carbocycles. The molecule has 0 aliphatic heterocycles. The molecule has 0 saturated heterocycles. The molecule has 0 radical (unpaired) electrons. The Hall–Kier alpha value is -1.59. The molecule has 1 heterocycles. The highest BCUT2D eigenvalue weighted by Crippen LogP contribution is 2.09. The third kappa shape index (κ3) is 4.29. The Bertz CT molecular complexity index is 307. The Morgan fingerprint density at radius 1 is 1.12 bits per heavy atom. The first-order valence-electron chi connectivity index (χ1n) is 5.65. The van der Waals surface area contributed by atoms with E-state index in [1.165, 1.54) is 19.3 Å². The number of aromatic nitrogens is 3. The summed E-state index contributed by atoms with van der Waals surface area (Å²) >= 11 is 0. The highest BCUT2D eigenvalue weighted by atomic mass is 15.2. The second-order valence-corrected chi connectivity index (χ2v) is 3.92. The number of nitrogens with two attached hydrogens (primary N) is 2. The summed E-state index contributed by atoms with van der Waals surface area (Å²) in [5.74, 6) is 0.750. The van der Waals surface area contributed by atoms with E-state index in [9.17, 15) is 0 Å². The quantitative estimate of drug-likeness (QED) is 0.631. The van der Waals surface area contributed by atoms with Crippen LogP contribution in [0.1, 0.15) is 39.5 Å². The Morgan fingerprint density at radius 3 is 2.31 bits per heavy atom. The van der Waals surface area contributed by atoms with Gasteiger partial charge in [0.25, 0.3) is 0 Å². The molecular weight excluding hydrogens is 204 g/mol. The average molecular weight is 224 g/mol. The van der Waals surface area contributed by atoms with Crippen LogP contribution in [0.5, 0.6) is 0 Å². The van der Waals surface area contributed by atoms with E-state index in [0.29, 0.717) is 12.0 Å². The summed E-state index contributed by atoms with van der Waals surface area (Å²) in [6.45, 7) is 4.28. The first-order valence-corrected chi connectivity index (χ1v) is 5.65. The zero-order valence-corrected chi connectivity index (χ0v) is 9.90. The molecule has 1 aromatic rings. The topological polar surface area (TPSA) is 103 Å². The molecule has 0 amide bonds. The summed E-state index contributed by atoms with van der Waals surface area (Å²) in [7, 11) is 0. The van der Waals surface area contributed by atoms with Crippen LogP contribution in [0.25, 0.3) is 0 Å². The third-order valence-corrected chi connectivity index (χ3v) is 2.29. The highest BCUT2D eigenvalue weighted by Gasteiger charge is 2.05. The Kier molecular flexibility index (Phi) is 4.75. The molecule has 0 aliphatic carbocycles. The molecule has 1 atom stereocenters. The maximum absolute atomic E-state index is 5.47. The average Bonchev–Trinajstić information content (AvgIpc) is 2.16. The van der Waals surface area contributed by atoms with Gasteiger partial charge in [-0.05, 0) is 13.3 Å². The third-order valence-electron chi connectivity index (χ3n) is 2.29. The van der Waals surface area contributed by atoms with Crippen molar-refractivity contribution in [1.29, 1.82) is 0 Å². The molecule has 90 valence electrons. The van der Waals surface area contributed by atoms with Gasteiger partial charge >= 0.3 is 0 Å². The van der Waals surface area contributed by atoms with Crippen LogP contribution in [0.3, 0.4) is 0 Å². The minimum Gasteiger partial charge on any atom is -0.368 e. The molecule has 0 bridgehead atoms. The maximum atomic E-state index is 5.47. The van der Waals surface area contributed by atoms with Crippen LogP contribution in [0, 0.1) is 0 Å². The van der Waals surface area contributed by atoms with Gasteiger partial charge in [0, 0.05) is 6.04 Å². The molecule has 0 fully saturated rings. The lowest BCUT2D eigenvalue weighted by molar-refractivity contribution is 0.612. The summed E-state index contributed by atoms with van der Waals surface area (Å²) in [6.07, 6.45) is 4.74. The van der Waals surface area contributed by atoms with Crippen LogP contribution in [0.2, 0.25) is 0 Å². The van der Waals surface area contributed by atoms with E-state index in [-0.39, 0.29) is 11.9 Å². The molecule has 5 N–H and O–H groups in total. The lowest BCUT2D eigenvalue weighted by Crippen LogP contribution is -2.18. The van der Waals surface area contributed by atoms with Crippen molar-refractivity contribution in [2.45, 2.75) is 45.6 Å². The number of nitrogens with one attached hydrogen (secondary N) is 1. The molecule has 6 heteroatoms. The molecule has 6 nitrogen and oxygen atoms in total. The zero-order chi connectivity index (χ0) is 12.0. The summed E-state index contributed by atoms with van der Waals surface area (Å²) in [6, 6.07) is 0.313. The van der Waals surface area contributed by atoms with E-state index in [0.717, 1.165) is 6.42 Å². The minimum absolute atomic E-state index is 0.149. The van der Waals surface area contributed by atoms with Gasteiger partial charge < -0.3 is 16.8 Å². The van der Waals surface area contributed by atoms with E-state index in [4.69, 9.17) is 11.5 Å². The van der Waals surface area contributed by atoms with Gasteiger partial charge in [0.15, 0.2) is 0 Å². The fraction of sp³-hybridized carbons (Fsp3) is 0.700. The van der Waals surface area contributed by atoms with Crippen molar-refractivity contribution >= 4 is 17.8 Å². The fourth-order valence-corrected chi connectivity index (χ4v) is 1.47. The normalized spacial score (nSPS) is 12.4. The van der Waals surface area contributed by atoms with Gasteiger partial charge in [-0.3, -0.25) is 0 Å². The molecule has 0 unspecified atom stereocenters. The Labute approximate surface area is 95.9 Å². The van der Waals surface area contributed by atoms with Crippen LogP contribution in [0.4, 0.5) is 17.8 Å². The van der Waals surface area contributed by atoms with Gasteiger partial charge in [-0.25, -0.2) is 0 Å². The lowest BCUT2D eigenvalue weighted by Gasteiger charge is -2.13. The van der Waals surface area contributed by atoms with Gasteiger partial charge in [0.05, 0.1) is 0 Å². The van der Waals surface area contributed by atoms with E-state index in [1.54, 1.807) is 0 Å². The van der Waals surface area contributed by atoms with Crippen molar-refractivity contribution in [2.75, 3.05) is 16.8 Å². The number of unbranched alkanes of at least 4 members (excludes halogenated alkanes) is 2. The van der Waals surface area contributed by atoms with Crippen molar-refractivity contribution in [1.82, 2.24) is 15.0 Å². The van der Waals surface area contributed by atoms with Gasteiger partial charge in [0.1, 0.15) is 0 Å². The van der Waals surface area contributed by atoms with Crippen LogP contribution in [-0.2, 0) is 0 Å². The molecule has 0 aromatic carbocycles.